The number of nitrogens with one attached hydrogen (secondary N) is 1. The number of methoxy groups -OCH3 is 1. The highest BCUT2D eigenvalue weighted by molar-refractivity contribution is 5.40. The summed E-state index contributed by atoms with van der Waals surface area (Å²) in [6, 6.07) is 4.71. The van der Waals surface area contributed by atoms with Gasteiger partial charge in [0.2, 0.25) is 0 Å². The second kappa shape index (κ2) is 5.87. The molecule has 17 heavy (non-hydrogen) atoms. The monoisotopic (exact) mass is 239 g/mol. The summed E-state index contributed by atoms with van der Waals surface area (Å²) in [5, 5.41) is 3.31. The molecule has 0 amide bonds. The number of ether oxygens (including phenoxy) is 2. The fraction of sp³-hybridized carbons (Fsp3) is 0.538. The average molecular weight is 239 g/mol. The molecule has 0 aliphatic carbocycles. The minimum absolute atomic E-state index is 0.223. The zero-order chi connectivity index (χ0) is 12.1. The van der Waals surface area contributed by atoms with Crippen LogP contribution in [0.3, 0.4) is 0 Å². The smallest absolute Gasteiger partial charge is 0.197 e. The zero-order valence-corrected chi connectivity index (χ0v) is 10.0. The van der Waals surface area contributed by atoms with Crippen molar-refractivity contribution in [2.45, 2.75) is 12.8 Å². The first-order valence-electron chi connectivity index (χ1n) is 5.97. The summed E-state index contributed by atoms with van der Waals surface area (Å²) in [6.45, 7) is 2.54. The molecule has 1 atom stereocenters. The second-order valence-electron chi connectivity index (χ2n) is 4.29. The van der Waals surface area contributed by atoms with Crippen LogP contribution in [0.5, 0.6) is 11.5 Å². The second-order valence-corrected chi connectivity index (χ2v) is 4.29. The van der Waals surface area contributed by atoms with Crippen molar-refractivity contribution in [1.29, 1.82) is 0 Å². The molecular formula is C13H18FNO2. The van der Waals surface area contributed by atoms with E-state index in [9.17, 15) is 4.39 Å². The lowest BCUT2D eigenvalue weighted by molar-refractivity contribution is 0.204. The fourth-order valence-electron chi connectivity index (χ4n) is 2.06. The third-order valence-electron chi connectivity index (χ3n) is 3.01. The first-order chi connectivity index (χ1) is 8.31. The van der Waals surface area contributed by atoms with Gasteiger partial charge in [0.1, 0.15) is 0 Å². The predicted octanol–water partition coefficient (Wildman–Crippen LogP) is 2.21. The molecule has 1 aromatic carbocycles. The summed E-state index contributed by atoms with van der Waals surface area (Å²) in [4.78, 5) is 0. The summed E-state index contributed by atoms with van der Waals surface area (Å²) in [7, 11) is 1.52. The van der Waals surface area contributed by atoms with Crippen LogP contribution in [-0.2, 0) is 0 Å². The Kier molecular flexibility index (Phi) is 4.20. The summed E-state index contributed by atoms with van der Waals surface area (Å²) >= 11 is 0. The fourth-order valence-corrected chi connectivity index (χ4v) is 2.06. The van der Waals surface area contributed by atoms with Crippen LogP contribution in [0, 0.1) is 11.7 Å². The van der Waals surface area contributed by atoms with Gasteiger partial charge in [0.25, 0.3) is 0 Å². The van der Waals surface area contributed by atoms with Crippen molar-refractivity contribution >= 4 is 0 Å². The molecule has 0 saturated carbocycles. The number of rotatable bonds is 4. The molecule has 1 N–H and O–H groups in total. The zero-order valence-electron chi connectivity index (χ0n) is 10.0. The molecule has 1 aromatic rings. The normalized spacial score (nSPS) is 20.0. The molecule has 1 aliphatic rings. The first kappa shape index (κ1) is 12.2. The van der Waals surface area contributed by atoms with Gasteiger partial charge < -0.3 is 14.8 Å². The lowest BCUT2D eigenvalue weighted by Crippen LogP contribution is -2.33. The van der Waals surface area contributed by atoms with Crippen molar-refractivity contribution in [2.75, 3.05) is 26.8 Å². The van der Waals surface area contributed by atoms with Crippen molar-refractivity contribution in [3.05, 3.63) is 24.0 Å². The van der Waals surface area contributed by atoms with E-state index in [2.05, 4.69) is 5.32 Å². The number of hydrogen-bond donors (Lipinski definition) is 1. The largest absolute Gasteiger partial charge is 0.493 e. The van der Waals surface area contributed by atoms with Gasteiger partial charge in [-0.15, -0.1) is 0 Å². The predicted molar refractivity (Wildman–Crippen MR) is 64.0 cm³/mol. The van der Waals surface area contributed by atoms with Crippen molar-refractivity contribution in [3.63, 3.8) is 0 Å². The Morgan fingerprint density at radius 2 is 2.35 bits per heavy atom. The van der Waals surface area contributed by atoms with E-state index in [0.717, 1.165) is 25.9 Å². The Bertz CT molecular complexity index is 364. The molecule has 0 spiro atoms. The quantitative estimate of drug-likeness (QED) is 0.874. The van der Waals surface area contributed by atoms with Gasteiger partial charge >= 0.3 is 0 Å². The van der Waals surface area contributed by atoms with E-state index in [0.29, 0.717) is 18.3 Å². The van der Waals surface area contributed by atoms with E-state index in [1.54, 1.807) is 12.1 Å². The molecule has 1 aliphatic heterocycles. The van der Waals surface area contributed by atoms with Gasteiger partial charge in [-0.3, -0.25) is 0 Å². The molecule has 1 heterocycles. The van der Waals surface area contributed by atoms with E-state index < -0.39 is 0 Å². The van der Waals surface area contributed by atoms with Crippen LogP contribution in [-0.4, -0.2) is 26.8 Å². The molecule has 0 bridgehead atoms. The van der Waals surface area contributed by atoms with Crippen LogP contribution in [0.1, 0.15) is 12.8 Å². The topological polar surface area (TPSA) is 30.5 Å². The maximum Gasteiger partial charge on any atom is 0.197 e. The molecule has 1 saturated heterocycles. The summed E-state index contributed by atoms with van der Waals surface area (Å²) in [6.07, 6.45) is 2.28. The SMILES string of the molecule is COc1cccc(F)c1OC[C@H]1CCCNC1. The van der Waals surface area contributed by atoms with Crippen LogP contribution in [0.15, 0.2) is 18.2 Å². The third-order valence-corrected chi connectivity index (χ3v) is 3.01. The Morgan fingerprint density at radius 1 is 1.47 bits per heavy atom. The molecular weight excluding hydrogens is 221 g/mol. The Balaban J connectivity index is 1.97. The minimum atomic E-state index is -0.367. The number of benzene rings is 1. The van der Waals surface area contributed by atoms with Crippen LogP contribution < -0.4 is 14.8 Å². The van der Waals surface area contributed by atoms with E-state index in [-0.39, 0.29) is 11.6 Å². The lowest BCUT2D eigenvalue weighted by atomic mass is 10.0. The summed E-state index contributed by atoms with van der Waals surface area (Å²) < 4.78 is 24.2. The minimum Gasteiger partial charge on any atom is -0.493 e. The van der Waals surface area contributed by atoms with Gasteiger partial charge in [-0.2, -0.15) is 0 Å². The van der Waals surface area contributed by atoms with Crippen molar-refractivity contribution in [2.24, 2.45) is 5.92 Å². The maximum atomic E-state index is 13.6. The molecule has 0 aromatic heterocycles. The maximum absolute atomic E-state index is 13.6. The number of para-hydroxylation sites is 1. The Hall–Kier alpha value is -1.29. The molecule has 2 rings (SSSR count). The van der Waals surface area contributed by atoms with E-state index in [1.807, 2.05) is 0 Å². The Morgan fingerprint density at radius 3 is 3.06 bits per heavy atom. The molecule has 94 valence electrons. The van der Waals surface area contributed by atoms with Crippen LogP contribution in [0.2, 0.25) is 0 Å². The molecule has 3 nitrogen and oxygen atoms in total. The van der Waals surface area contributed by atoms with E-state index >= 15 is 0 Å². The van der Waals surface area contributed by atoms with Crippen LogP contribution in [0.4, 0.5) is 4.39 Å². The standard InChI is InChI=1S/C13H18FNO2/c1-16-12-6-2-5-11(14)13(12)17-9-10-4-3-7-15-8-10/h2,5-6,10,15H,3-4,7-9H2,1H3/t10-/m0/s1. The van der Waals surface area contributed by atoms with Gasteiger partial charge in [-0.1, -0.05) is 6.07 Å². The first-order valence-corrected chi connectivity index (χ1v) is 5.97. The van der Waals surface area contributed by atoms with Crippen LogP contribution in [0.25, 0.3) is 0 Å². The van der Waals surface area contributed by atoms with E-state index in [1.165, 1.54) is 13.2 Å². The highest BCUT2D eigenvalue weighted by Crippen LogP contribution is 2.30. The number of piperidine rings is 1. The van der Waals surface area contributed by atoms with Gasteiger partial charge in [-0.25, -0.2) is 4.39 Å². The van der Waals surface area contributed by atoms with Crippen molar-refractivity contribution in [3.8, 4) is 11.5 Å². The molecule has 0 unspecified atom stereocenters. The Labute approximate surface area is 101 Å². The molecule has 0 radical (unpaired) electrons. The van der Waals surface area contributed by atoms with Gasteiger partial charge in [0, 0.05) is 12.5 Å². The molecule has 4 heteroatoms. The highest BCUT2D eigenvalue weighted by atomic mass is 19.1. The van der Waals surface area contributed by atoms with Crippen molar-refractivity contribution < 1.29 is 13.9 Å². The van der Waals surface area contributed by atoms with Gasteiger partial charge in [0.15, 0.2) is 17.3 Å². The molecule has 1 fully saturated rings. The third kappa shape index (κ3) is 3.09. The van der Waals surface area contributed by atoms with Crippen LogP contribution >= 0.6 is 0 Å². The van der Waals surface area contributed by atoms with E-state index in [4.69, 9.17) is 9.47 Å². The van der Waals surface area contributed by atoms with Gasteiger partial charge in [-0.05, 0) is 31.5 Å². The summed E-state index contributed by atoms with van der Waals surface area (Å²) in [5.41, 5.74) is 0. The van der Waals surface area contributed by atoms with Gasteiger partial charge in [0.05, 0.1) is 13.7 Å². The average Bonchev–Trinajstić information content (AvgIpc) is 2.38. The number of hydrogen-bond acceptors (Lipinski definition) is 3. The van der Waals surface area contributed by atoms with Crippen molar-refractivity contribution in [1.82, 2.24) is 5.32 Å². The highest BCUT2D eigenvalue weighted by Gasteiger charge is 2.16. The number of halogens is 1. The summed E-state index contributed by atoms with van der Waals surface area (Å²) in [5.74, 6) is 0.760. The lowest BCUT2D eigenvalue weighted by Gasteiger charge is -2.23.